The van der Waals surface area contributed by atoms with E-state index in [4.69, 9.17) is 9.47 Å². The van der Waals surface area contributed by atoms with E-state index in [0.29, 0.717) is 13.1 Å². The molecule has 1 aliphatic heterocycles. The lowest BCUT2D eigenvalue weighted by Gasteiger charge is -2.28. The molecule has 30 heavy (non-hydrogen) atoms. The molecule has 3 rings (SSSR count). The molecule has 2 aromatic rings. The Morgan fingerprint density at radius 3 is 2.47 bits per heavy atom. The lowest BCUT2D eigenvalue weighted by Crippen LogP contribution is -2.45. The first kappa shape index (κ1) is 22.2. The second kappa shape index (κ2) is 9.53. The van der Waals surface area contributed by atoms with Gasteiger partial charge in [-0.3, -0.25) is 9.59 Å². The van der Waals surface area contributed by atoms with Gasteiger partial charge >= 0.3 is 5.97 Å². The van der Waals surface area contributed by atoms with Gasteiger partial charge in [0.15, 0.2) is 6.10 Å². The van der Waals surface area contributed by atoms with Gasteiger partial charge in [0, 0.05) is 24.9 Å². The van der Waals surface area contributed by atoms with Gasteiger partial charge in [0.05, 0.1) is 18.0 Å². The quantitative estimate of drug-likeness (QED) is 0.655. The van der Waals surface area contributed by atoms with Gasteiger partial charge in [-0.1, -0.05) is 18.2 Å². The largest absolute Gasteiger partial charge is 0.497 e. The van der Waals surface area contributed by atoms with Crippen LogP contribution in [0.2, 0.25) is 0 Å². The highest BCUT2D eigenvalue weighted by Crippen LogP contribution is 2.47. The summed E-state index contributed by atoms with van der Waals surface area (Å²) in [6, 6.07) is 13.6. The number of hydrogen-bond donors (Lipinski definition) is 0. The van der Waals surface area contributed by atoms with Crippen molar-refractivity contribution in [3.05, 3.63) is 53.6 Å². The minimum Gasteiger partial charge on any atom is -0.497 e. The number of thioether (sulfide) groups is 1. The molecule has 7 heteroatoms. The number of amides is 1. The van der Waals surface area contributed by atoms with Crippen LogP contribution in [0.5, 0.6) is 5.75 Å². The van der Waals surface area contributed by atoms with E-state index in [0.717, 1.165) is 27.5 Å². The average molecular weight is 429 g/mol. The van der Waals surface area contributed by atoms with Crippen LogP contribution in [0.4, 0.5) is 5.69 Å². The molecule has 6 nitrogen and oxygen atoms in total. The zero-order valence-corrected chi connectivity index (χ0v) is 18.9. The third-order valence-corrected chi connectivity index (χ3v) is 6.31. The second-order valence-corrected chi connectivity index (χ2v) is 8.79. The molecule has 2 aromatic carbocycles. The third kappa shape index (κ3) is 4.96. The van der Waals surface area contributed by atoms with E-state index in [1.165, 1.54) is 6.92 Å². The maximum absolute atomic E-state index is 13.6. The number of methoxy groups -OCH3 is 1. The van der Waals surface area contributed by atoms with Crippen molar-refractivity contribution < 1.29 is 19.1 Å². The van der Waals surface area contributed by atoms with E-state index < -0.39 is 12.1 Å². The lowest BCUT2D eigenvalue weighted by atomic mass is 10.1. The van der Waals surface area contributed by atoms with Crippen LogP contribution in [0.3, 0.4) is 0 Å². The molecular formula is C23H28N2O4S. The molecule has 0 saturated carbocycles. The van der Waals surface area contributed by atoms with Gasteiger partial charge in [-0.25, -0.2) is 0 Å². The monoisotopic (exact) mass is 428 g/mol. The van der Waals surface area contributed by atoms with Gasteiger partial charge < -0.3 is 19.3 Å². The van der Waals surface area contributed by atoms with E-state index in [1.807, 2.05) is 62.3 Å². The van der Waals surface area contributed by atoms with Crippen molar-refractivity contribution in [1.82, 2.24) is 4.90 Å². The van der Waals surface area contributed by atoms with Crippen LogP contribution in [0, 0.1) is 6.92 Å². The smallest absolute Gasteiger partial charge is 0.303 e. The van der Waals surface area contributed by atoms with Gasteiger partial charge in [-0.15, -0.1) is 11.8 Å². The molecule has 0 unspecified atom stereocenters. The number of carbonyl (C=O) groups excluding carboxylic acids is 2. The van der Waals surface area contributed by atoms with Crippen LogP contribution in [-0.4, -0.2) is 57.2 Å². The number of ether oxygens (including phenoxy) is 2. The van der Waals surface area contributed by atoms with Crippen LogP contribution >= 0.6 is 11.8 Å². The fraction of sp³-hybridized carbons (Fsp3) is 0.391. The van der Waals surface area contributed by atoms with Crippen LogP contribution in [0.1, 0.15) is 23.3 Å². The molecule has 0 aliphatic carbocycles. The Morgan fingerprint density at radius 1 is 1.17 bits per heavy atom. The number of rotatable bonds is 6. The Labute approximate surface area is 182 Å². The van der Waals surface area contributed by atoms with E-state index in [1.54, 1.807) is 23.8 Å². The normalized spacial score (nSPS) is 18.7. The third-order valence-electron chi connectivity index (χ3n) is 4.95. The van der Waals surface area contributed by atoms with Gasteiger partial charge in [-0.2, -0.15) is 0 Å². The summed E-state index contributed by atoms with van der Waals surface area (Å²) in [6.07, 6.45) is -0.921. The fourth-order valence-corrected chi connectivity index (χ4v) is 4.81. The molecule has 2 atom stereocenters. The van der Waals surface area contributed by atoms with Crippen molar-refractivity contribution in [2.24, 2.45) is 0 Å². The number of benzene rings is 2. The molecule has 160 valence electrons. The molecule has 0 spiro atoms. The maximum atomic E-state index is 13.6. The van der Waals surface area contributed by atoms with Gasteiger partial charge in [0.25, 0.3) is 5.91 Å². The van der Waals surface area contributed by atoms with E-state index in [9.17, 15) is 9.59 Å². The molecule has 1 amide bonds. The molecule has 0 bridgehead atoms. The minimum atomic E-state index is -0.921. The Morgan fingerprint density at radius 2 is 1.87 bits per heavy atom. The summed E-state index contributed by atoms with van der Waals surface area (Å²) in [7, 11) is 5.55. The Kier molecular flexibility index (Phi) is 7.05. The van der Waals surface area contributed by atoms with E-state index in [2.05, 4.69) is 6.07 Å². The highest BCUT2D eigenvalue weighted by molar-refractivity contribution is 7.99. The van der Waals surface area contributed by atoms with Crippen molar-refractivity contribution in [3.63, 3.8) is 0 Å². The minimum absolute atomic E-state index is 0.206. The van der Waals surface area contributed by atoms with Crippen molar-refractivity contribution in [2.45, 2.75) is 30.1 Å². The molecular weight excluding hydrogens is 400 g/mol. The summed E-state index contributed by atoms with van der Waals surface area (Å²) in [6.45, 7) is 4.58. The van der Waals surface area contributed by atoms with Crippen LogP contribution in [-0.2, 0) is 14.3 Å². The van der Waals surface area contributed by atoms with Crippen molar-refractivity contribution in [3.8, 4) is 5.75 Å². The molecule has 0 saturated heterocycles. The number of anilines is 1. The number of hydrogen-bond acceptors (Lipinski definition) is 6. The van der Waals surface area contributed by atoms with Gasteiger partial charge in [-0.05, 0) is 56.4 Å². The molecule has 0 N–H and O–H groups in total. The molecule has 0 fully saturated rings. The van der Waals surface area contributed by atoms with E-state index >= 15 is 0 Å². The molecule has 1 aliphatic rings. The summed E-state index contributed by atoms with van der Waals surface area (Å²) in [5, 5.41) is -0.364. The summed E-state index contributed by atoms with van der Waals surface area (Å²) < 4.78 is 10.9. The zero-order chi connectivity index (χ0) is 21.8. The maximum Gasteiger partial charge on any atom is 0.303 e. The van der Waals surface area contributed by atoms with Gasteiger partial charge in [0.2, 0.25) is 0 Å². The van der Waals surface area contributed by atoms with Crippen molar-refractivity contribution >= 4 is 29.3 Å². The summed E-state index contributed by atoms with van der Waals surface area (Å²) in [5.41, 5.74) is 2.87. The summed E-state index contributed by atoms with van der Waals surface area (Å²) >= 11 is 1.56. The van der Waals surface area contributed by atoms with Crippen molar-refractivity contribution in [1.29, 1.82) is 0 Å². The molecule has 0 radical (unpaired) electrons. The van der Waals surface area contributed by atoms with Crippen molar-refractivity contribution in [2.75, 3.05) is 39.2 Å². The number of carbonyl (C=O) groups is 2. The fourth-order valence-electron chi connectivity index (χ4n) is 3.40. The Bertz CT molecular complexity index is 914. The lowest BCUT2D eigenvalue weighted by molar-refractivity contribution is -0.152. The standard InChI is InChI=1S/C23H28N2O4S/c1-15-6-11-19-20(14-15)30-22(17-7-9-18(28-5)10-8-17)21(29-16(2)26)23(27)25(19)13-12-24(3)4/h6-11,14,21-22H,12-13H2,1-5H3/t21-,22+/m0/s1. The number of fused-ring (bicyclic) bond motifs is 1. The van der Waals surface area contributed by atoms with E-state index in [-0.39, 0.29) is 11.2 Å². The van der Waals surface area contributed by atoms with Gasteiger partial charge in [0.1, 0.15) is 5.75 Å². The number of likely N-dealkylation sites (N-methyl/N-ethyl adjacent to an activating group) is 1. The SMILES string of the molecule is COc1ccc([C@H]2Sc3cc(C)ccc3N(CCN(C)C)C(=O)[C@H]2OC(C)=O)cc1. The second-order valence-electron chi connectivity index (χ2n) is 7.61. The molecule has 1 heterocycles. The first-order chi connectivity index (χ1) is 14.3. The highest BCUT2D eigenvalue weighted by atomic mass is 32.2. The number of esters is 1. The topological polar surface area (TPSA) is 59.1 Å². The van der Waals surface area contributed by atoms with Crippen LogP contribution in [0.15, 0.2) is 47.4 Å². The first-order valence-electron chi connectivity index (χ1n) is 9.84. The zero-order valence-electron chi connectivity index (χ0n) is 18.0. The Balaban J connectivity index is 2.09. The predicted molar refractivity (Wildman–Crippen MR) is 119 cm³/mol. The molecule has 0 aromatic heterocycles. The number of aryl methyl sites for hydroxylation is 1. The summed E-state index contributed by atoms with van der Waals surface area (Å²) in [4.78, 5) is 30.3. The highest BCUT2D eigenvalue weighted by Gasteiger charge is 2.40. The Hall–Kier alpha value is -2.51. The van der Waals surface area contributed by atoms with Crippen LogP contribution in [0.25, 0.3) is 0 Å². The average Bonchev–Trinajstić information content (AvgIpc) is 2.81. The predicted octanol–water partition coefficient (Wildman–Crippen LogP) is 3.68. The van der Waals surface area contributed by atoms with Crippen LogP contribution < -0.4 is 9.64 Å². The number of nitrogens with zero attached hydrogens (tertiary/aromatic N) is 2. The summed E-state index contributed by atoms with van der Waals surface area (Å²) in [5.74, 6) is 0.0571. The first-order valence-corrected chi connectivity index (χ1v) is 10.7.